The SMILES string of the molecule is CN1C(=O)/C(=N\NC(=O)c2ccc(OCc3ccccc3)cc2)c2ccccc21. The molecule has 0 fully saturated rings. The summed E-state index contributed by atoms with van der Waals surface area (Å²) in [6.45, 7) is 0.453. The fourth-order valence-corrected chi connectivity index (χ4v) is 3.07. The van der Waals surface area contributed by atoms with Crippen molar-refractivity contribution in [2.75, 3.05) is 11.9 Å². The van der Waals surface area contributed by atoms with Crippen molar-refractivity contribution in [2.45, 2.75) is 6.61 Å². The number of carbonyl (C=O) groups excluding carboxylic acids is 2. The summed E-state index contributed by atoms with van der Waals surface area (Å²) in [5.41, 5.74) is 5.65. The Bertz CT molecular complexity index is 1080. The molecule has 1 N–H and O–H groups in total. The fraction of sp³-hybridized carbons (Fsp3) is 0.0870. The number of benzene rings is 3. The lowest BCUT2D eigenvalue weighted by molar-refractivity contribution is -0.111. The van der Waals surface area contributed by atoms with Gasteiger partial charge >= 0.3 is 0 Å². The Morgan fingerprint density at radius 2 is 1.66 bits per heavy atom. The van der Waals surface area contributed by atoms with E-state index in [9.17, 15) is 9.59 Å². The van der Waals surface area contributed by atoms with Crippen molar-refractivity contribution in [1.82, 2.24) is 5.43 Å². The van der Waals surface area contributed by atoms with Crippen LogP contribution in [0.15, 0.2) is 84.0 Å². The molecule has 0 bridgehead atoms. The van der Waals surface area contributed by atoms with E-state index in [4.69, 9.17) is 4.74 Å². The molecule has 3 aromatic rings. The molecule has 2 amide bonds. The Morgan fingerprint density at radius 1 is 0.966 bits per heavy atom. The summed E-state index contributed by atoms with van der Waals surface area (Å²) in [7, 11) is 1.68. The first-order chi connectivity index (χ1) is 14.1. The van der Waals surface area contributed by atoms with E-state index < -0.39 is 5.91 Å². The van der Waals surface area contributed by atoms with Gasteiger partial charge in [-0.15, -0.1) is 0 Å². The molecule has 6 heteroatoms. The minimum Gasteiger partial charge on any atom is -0.489 e. The summed E-state index contributed by atoms with van der Waals surface area (Å²) in [6.07, 6.45) is 0. The number of carbonyl (C=O) groups is 2. The maximum Gasteiger partial charge on any atom is 0.279 e. The minimum atomic E-state index is -0.396. The molecule has 0 saturated carbocycles. The number of hydrazone groups is 1. The Kier molecular flexibility index (Phi) is 5.07. The maximum absolute atomic E-state index is 12.4. The monoisotopic (exact) mass is 385 g/mol. The van der Waals surface area contributed by atoms with E-state index in [1.165, 1.54) is 4.90 Å². The average Bonchev–Trinajstić information content (AvgIpc) is 3.02. The van der Waals surface area contributed by atoms with Crippen LogP contribution in [0, 0.1) is 0 Å². The topological polar surface area (TPSA) is 71.0 Å². The molecule has 3 aromatic carbocycles. The van der Waals surface area contributed by atoms with Crippen LogP contribution in [0.5, 0.6) is 5.75 Å². The van der Waals surface area contributed by atoms with Gasteiger partial charge in [-0.3, -0.25) is 9.59 Å². The Balaban J connectivity index is 1.41. The number of anilines is 1. The number of ether oxygens (including phenoxy) is 1. The number of fused-ring (bicyclic) bond motifs is 1. The first-order valence-corrected chi connectivity index (χ1v) is 9.16. The highest BCUT2D eigenvalue weighted by Crippen LogP contribution is 2.27. The molecule has 0 atom stereocenters. The quantitative estimate of drug-likeness (QED) is 0.685. The van der Waals surface area contributed by atoms with Crippen molar-refractivity contribution < 1.29 is 14.3 Å². The average molecular weight is 385 g/mol. The number of likely N-dealkylation sites (N-methyl/N-ethyl adjacent to an activating group) is 1. The van der Waals surface area contributed by atoms with Gasteiger partial charge in [-0.2, -0.15) is 5.10 Å². The summed E-state index contributed by atoms with van der Waals surface area (Å²) in [5, 5.41) is 4.07. The fourth-order valence-electron chi connectivity index (χ4n) is 3.07. The second-order valence-corrected chi connectivity index (χ2v) is 6.58. The van der Waals surface area contributed by atoms with Crippen molar-refractivity contribution in [3.05, 3.63) is 95.6 Å². The summed E-state index contributed by atoms with van der Waals surface area (Å²) < 4.78 is 5.72. The zero-order valence-corrected chi connectivity index (χ0v) is 15.8. The van der Waals surface area contributed by atoms with E-state index in [0.717, 1.165) is 11.3 Å². The second kappa shape index (κ2) is 7.98. The van der Waals surface area contributed by atoms with E-state index in [-0.39, 0.29) is 11.6 Å². The van der Waals surface area contributed by atoms with Gasteiger partial charge in [-0.25, -0.2) is 5.43 Å². The molecule has 0 radical (unpaired) electrons. The molecule has 6 nitrogen and oxygen atoms in total. The lowest BCUT2D eigenvalue weighted by atomic mass is 10.1. The van der Waals surface area contributed by atoms with Crippen LogP contribution in [0.2, 0.25) is 0 Å². The number of amides is 2. The van der Waals surface area contributed by atoms with Crippen LogP contribution >= 0.6 is 0 Å². The summed E-state index contributed by atoms with van der Waals surface area (Å²) in [6, 6.07) is 24.0. The number of nitrogens with one attached hydrogen (secondary N) is 1. The van der Waals surface area contributed by atoms with Gasteiger partial charge < -0.3 is 9.64 Å². The Labute approximate surface area is 168 Å². The van der Waals surface area contributed by atoms with E-state index >= 15 is 0 Å². The van der Waals surface area contributed by atoms with Crippen molar-refractivity contribution in [3.8, 4) is 5.75 Å². The first-order valence-electron chi connectivity index (χ1n) is 9.16. The Hall–Kier alpha value is -3.93. The van der Waals surface area contributed by atoms with Crippen LogP contribution in [0.25, 0.3) is 0 Å². The van der Waals surface area contributed by atoms with E-state index in [1.54, 1.807) is 37.4 Å². The molecule has 0 spiro atoms. The smallest absolute Gasteiger partial charge is 0.279 e. The van der Waals surface area contributed by atoms with Gasteiger partial charge in [-0.05, 0) is 35.9 Å². The molecule has 4 rings (SSSR count). The van der Waals surface area contributed by atoms with E-state index in [0.29, 0.717) is 23.5 Å². The standard InChI is InChI=1S/C23H19N3O3/c1-26-20-10-6-5-9-19(20)21(23(26)28)24-25-22(27)17-11-13-18(14-12-17)29-15-16-7-3-2-4-8-16/h2-14H,15H2,1H3,(H,25,27)/b24-21-. The molecule has 1 aliphatic heterocycles. The highest BCUT2D eigenvalue weighted by molar-refractivity contribution is 6.54. The molecule has 0 unspecified atom stereocenters. The number of rotatable bonds is 5. The largest absolute Gasteiger partial charge is 0.489 e. The van der Waals surface area contributed by atoms with Crippen molar-refractivity contribution in [2.24, 2.45) is 5.10 Å². The molecule has 1 heterocycles. The highest BCUT2D eigenvalue weighted by Gasteiger charge is 2.31. The molecular weight excluding hydrogens is 366 g/mol. The van der Waals surface area contributed by atoms with Crippen LogP contribution in [0.4, 0.5) is 5.69 Å². The third-order valence-electron chi connectivity index (χ3n) is 4.66. The summed E-state index contributed by atoms with van der Waals surface area (Å²) in [4.78, 5) is 26.3. The lowest BCUT2D eigenvalue weighted by Gasteiger charge is -2.07. The number of para-hydroxylation sites is 1. The van der Waals surface area contributed by atoms with Crippen LogP contribution in [-0.2, 0) is 11.4 Å². The zero-order chi connectivity index (χ0) is 20.2. The number of hydrogen-bond donors (Lipinski definition) is 1. The third kappa shape index (κ3) is 3.87. The van der Waals surface area contributed by atoms with Crippen molar-refractivity contribution in [3.63, 3.8) is 0 Å². The van der Waals surface area contributed by atoms with Crippen LogP contribution in [0.3, 0.4) is 0 Å². The van der Waals surface area contributed by atoms with Gasteiger partial charge in [0.05, 0.1) is 5.69 Å². The maximum atomic E-state index is 12.4. The Morgan fingerprint density at radius 3 is 2.41 bits per heavy atom. The van der Waals surface area contributed by atoms with Gasteiger partial charge in [0.25, 0.3) is 11.8 Å². The number of hydrogen-bond acceptors (Lipinski definition) is 4. The molecule has 1 aliphatic rings. The molecule has 0 aliphatic carbocycles. The van der Waals surface area contributed by atoms with Crippen LogP contribution < -0.4 is 15.1 Å². The van der Waals surface area contributed by atoms with Gasteiger partial charge in [-0.1, -0.05) is 48.5 Å². The third-order valence-corrected chi connectivity index (χ3v) is 4.66. The molecule has 144 valence electrons. The van der Waals surface area contributed by atoms with Crippen molar-refractivity contribution in [1.29, 1.82) is 0 Å². The normalized spacial score (nSPS) is 14.0. The zero-order valence-electron chi connectivity index (χ0n) is 15.8. The second-order valence-electron chi connectivity index (χ2n) is 6.58. The van der Waals surface area contributed by atoms with Gasteiger partial charge in [0.1, 0.15) is 12.4 Å². The van der Waals surface area contributed by atoms with E-state index in [1.807, 2.05) is 48.5 Å². The molecule has 29 heavy (non-hydrogen) atoms. The highest BCUT2D eigenvalue weighted by atomic mass is 16.5. The minimum absolute atomic E-state index is 0.222. The van der Waals surface area contributed by atoms with Gasteiger partial charge in [0.2, 0.25) is 0 Å². The predicted molar refractivity (Wildman–Crippen MR) is 111 cm³/mol. The summed E-state index contributed by atoms with van der Waals surface area (Å²) in [5.74, 6) is 0.0151. The van der Waals surface area contributed by atoms with Crippen LogP contribution in [0.1, 0.15) is 21.5 Å². The first kappa shape index (κ1) is 18.4. The lowest BCUT2D eigenvalue weighted by Crippen LogP contribution is -2.28. The van der Waals surface area contributed by atoms with Gasteiger partial charge in [0.15, 0.2) is 5.71 Å². The molecular formula is C23H19N3O3. The van der Waals surface area contributed by atoms with Crippen molar-refractivity contribution >= 4 is 23.2 Å². The predicted octanol–water partition coefficient (Wildman–Crippen LogP) is 3.38. The molecule has 0 saturated heterocycles. The molecule has 0 aromatic heterocycles. The van der Waals surface area contributed by atoms with Crippen LogP contribution in [-0.4, -0.2) is 24.6 Å². The van der Waals surface area contributed by atoms with E-state index in [2.05, 4.69) is 10.5 Å². The van der Waals surface area contributed by atoms with Gasteiger partial charge in [0, 0.05) is 18.2 Å². The number of nitrogens with zero attached hydrogens (tertiary/aromatic N) is 2. The summed E-state index contributed by atoms with van der Waals surface area (Å²) >= 11 is 0.